The fourth-order valence-corrected chi connectivity index (χ4v) is 5.75. The first-order valence-corrected chi connectivity index (χ1v) is 12.9. The second-order valence-electron chi connectivity index (χ2n) is 6.90. The summed E-state index contributed by atoms with van der Waals surface area (Å²) in [5.41, 5.74) is 0.696. The van der Waals surface area contributed by atoms with E-state index in [1.54, 1.807) is 0 Å². The van der Waals surface area contributed by atoms with Crippen molar-refractivity contribution in [2.45, 2.75) is 54.5 Å². The Hall–Kier alpha value is -1.59. The van der Waals surface area contributed by atoms with Crippen LogP contribution in [0.25, 0.3) is 0 Å². The van der Waals surface area contributed by atoms with Crippen molar-refractivity contribution in [1.82, 2.24) is 4.13 Å². The van der Waals surface area contributed by atoms with E-state index in [4.69, 9.17) is 0 Å². The Morgan fingerprint density at radius 3 is 1.81 bits per heavy atom. The molecule has 1 N–H and O–H groups in total. The fourth-order valence-electron chi connectivity index (χ4n) is 3.06. The molecule has 0 radical (unpaired) electrons. The van der Waals surface area contributed by atoms with Crippen LogP contribution in [0.3, 0.4) is 0 Å². The molecule has 0 bridgehead atoms. The first-order valence-electron chi connectivity index (χ1n) is 8.80. The van der Waals surface area contributed by atoms with Crippen LogP contribution in [0.2, 0.25) is 0 Å². The number of hydrogen-bond acceptors (Lipinski definition) is 7. The number of alkyl halides is 6. The number of halogens is 6. The van der Waals surface area contributed by atoms with E-state index in [0.29, 0.717) is 5.56 Å². The average molecular weight is 533 g/mol. The topological polar surface area (TPSA) is 124 Å². The maximum Gasteiger partial charge on any atom is 0.450 e. The molecule has 2 rings (SSSR count). The van der Waals surface area contributed by atoms with Crippen molar-refractivity contribution >= 4 is 31.0 Å². The zero-order valence-corrected chi connectivity index (χ0v) is 18.3. The van der Waals surface area contributed by atoms with Crippen molar-refractivity contribution in [1.29, 1.82) is 0 Å². The molecule has 0 saturated heterocycles. The second kappa shape index (κ2) is 8.98. The number of rotatable bonds is 9. The van der Waals surface area contributed by atoms with Gasteiger partial charge < -0.3 is 4.18 Å². The molecule has 184 valence electrons. The third kappa shape index (κ3) is 4.84. The third-order valence-electron chi connectivity index (χ3n) is 4.74. The molecule has 0 aromatic heterocycles. The van der Waals surface area contributed by atoms with Crippen molar-refractivity contribution < 1.29 is 55.8 Å². The van der Waals surface area contributed by atoms with Crippen molar-refractivity contribution in [3.8, 4) is 5.75 Å². The number of hydrogen-bond donors (Lipinski definition) is 2. The average Bonchev–Trinajstić information content (AvgIpc) is 2.67. The second-order valence-corrected chi connectivity index (χ2v) is 11.3. The molecule has 1 aromatic carbocycles. The van der Waals surface area contributed by atoms with Crippen LogP contribution in [-0.2, 0) is 31.0 Å². The van der Waals surface area contributed by atoms with E-state index in [-0.39, 0.29) is 10.0 Å². The van der Waals surface area contributed by atoms with Gasteiger partial charge in [-0.1, -0.05) is 31.4 Å². The van der Waals surface area contributed by atoms with Crippen LogP contribution in [0.1, 0.15) is 43.6 Å². The fraction of sp³-hybridized carbons (Fsp3) is 0.600. The maximum absolute atomic E-state index is 14.0. The molecule has 0 atom stereocenters. The summed E-state index contributed by atoms with van der Waals surface area (Å²) in [6, 6.07) is 4.30. The van der Waals surface area contributed by atoms with Crippen LogP contribution in [0, 0.1) is 0 Å². The van der Waals surface area contributed by atoms with Gasteiger partial charge in [-0.15, -0.1) is 4.13 Å². The Labute approximate surface area is 181 Å². The van der Waals surface area contributed by atoms with Crippen LogP contribution >= 0.6 is 0 Å². The van der Waals surface area contributed by atoms with Crippen molar-refractivity contribution in [3.05, 3.63) is 29.8 Å². The predicted molar refractivity (Wildman–Crippen MR) is 99.0 cm³/mol. The highest BCUT2D eigenvalue weighted by atomic mass is 32.3. The molecule has 17 heteroatoms. The Morgan fingerprint density at radius 2 is 1.34 bits per heavy atom. The zero-order valence-electron chi connectivity index (χ0n) is 15.8. The number of benzene rings is 1. The van der Waals surface area contributed by atoms with Crippen LogP contribution in [0.5, 0.6) is 5.75 Å². The Morgan fingerprint density at radius 1 is 0.844 bits per heavy atom. The van der Waals surface area contributed by atoms with E-state index in [9.17, 15) is 51.6 Å². The number of thiol groups is 1. The molecule has 1 fully saturated rings. The minimum Gasteiger partial charge on any atom is -0.378 e. The van der Waals surface area contributed by atoms with Crippen LogP contribution < -0.4 is 8.31 Å². The van der Waals surface area contributed by atoms with Crippen molar-refractivity contribution in [2.24, 2.45) is 0 Å². The summed E-state index contributed by atoms with van der Waals surface area (Å²) in [7, 11) is -18.4. The van der Waals surface area contributed by atoms with Crippen LogP contribution in [0.4, 0.5) is 26.3 Å². The SMILES string of the molecule is O=[SH](=O)NS(=O)(=O)C(F)(F)C(F)(F)C(F)(F)S(=O)(=O)Oc1ccc(C2CCCCC2)cc1. The zero-order chi connectivity index (χ0) is 24.6. The largest absolute Gasteiger partial charge is 0.450 e. The summed E-state index contributed by atoms with van der Waals surface area (Å²) in [6.45, 7) is 0. The molecule has 1 aliphatic rings. The summed E-state index contributed by atoms with van der Waals surface area (Å²) in [5.74, 6) is -7.94. The van der Waals surface area contributed by atoms with E-state index >= 15 is 0 Å². The summed E-state index contributed by atoms with van der Waals surface area (Å²) < 4.78 is 153. The summed E-state index contributed by atoms with van der Waals surface area (Å²) in [6.07, 6.45) is 4.53. The highest BCUT2D eigenvalue weighted by Gasteiger charge is 2.83. The van der Waals surface area contributed by atoms with E-state index < -0.39 is 53.2 Å². The van der Waals surface area contributed by atoms with Gasteiger partial charge in [0.25, 0.3) is 10.0 Å². The standard InChI is InChI=1S/C15H17F6NO7S3/c16-13(17,14(18,19)31(25,26)22-30(23)24)15(20,21)32(27,28)29-12-8-6-11(7-9-12)10-4-2-1-3-5-10/h6-10,30H,1-5H2,(H,22,23,24). The minimum atomic E-state index is -7.13. The van der Waals surface area contributed by atoms with Gasteiger partial charge in [0.15, 0.2) is 0 Å². The summed E-state index contributed by atoms with van der Waals surface area (Å²) in [4.78, 5) is 0. The summed E-state index contributed by atoms with van der Waals surface area (Å²) >= 11 is 0. The highest BCUT2D eigenvalue weighted by Crippen LogP contribution is 2.51. The van der Waals surface area contributed by atoms with E-state index in [1.165, 1.54) is 12.1 Å². The Bertz CT molecular complexity index is 1100. The Kier molecular flexibility index (Phi) is 7.48. The molecule has 0 unspecified atom stereocenters. The molecular formula is C15H17F6NO7S3. The molecule has 1 aliphatic carbocycles. The lowest BCUT2D eigenvalue weighted by Crippen LogP contribution is -2.63. The third-order valence-corrected chi connectivity index (χ3v) is 8.53. The van der Waals surface area contributed by atoms with E-state index in [1.807, 2.05) is 0 Å². The van der Waals surface area contributed by atoms with Gasteiger partial charge in [-0.25, -0.2) is 16.8 Å². The quantitative estimate of drug-likeness (QED) is 0.284. The summed E-state index contributed by atoms with van der Waals surface area (Å²) in [5, 5.41) is -13.6. The molecule has 1 saturated carbocycles. The maximum atomic E-state index is 14.0. The normalized spacial score (nSPS) is 17.5. The van der Waals surface area contributed by atoms with E-state index in [2.05, 4.69) is 4.18 Å². The smallest absolute Gasteiger partial charge is 0.378 e. The van der Waals surface area contributed by atoms with Gasteiger partial charge in [0.1, 0.15) is 5.75 Å². The highest BCUT2D eigenvalue weighted by molar-refractivity contribution is 7.99. The number of nitrogens with one attached hydrogen (secondary N) is 1. The monoisotopic (exact) mass is 533 g/mol. The van der Waals surface area contributed by atoms with Gasteiger partial charge in [-0.3, -0.25) is 0 Å². The lowest BCUT2D eigenvalue weighted by Gasteiger charge is -2.30. The van der Waals surface area contributed by atoms with Crippen LogP contribution in [0.15, 0.2) is 24.3 Å². The molecule has 32 heavy (non-hydrogen) atoms. The molecule has 0 heterocycles. The van der Waals surface area contributed by atoms with Crippen molar-refractivity contribution in [3.63, 3.8) is 0 Å². The molecule has 0 aliphatic heterocycles. The van der Waals surface area contributed by atoms with Gasteiger partial charge >= 0.3 is 26.5 Å². The molecular weight excluding hydrogens is 516 g/mol. The number of sulfonamides is 1. The van der Waals surface area contributed by atoms with Gasteiger partial charge in [0, 0.05) is 0 Å². The molecule has 0 spiro atoms. The molecule has 8 nitrogen and oxygen atoms in total. The Balaban J connectivity index is 2.33. The van der Waals surface area contributed by atoms with Gasteiger partial charge in [0.05, 0.1) is 0 Å². The van der Waals surface area contributed by atoms with E-state index in [0.717, 1.165) is 44.2 Å². The lowest BCUT2D eigenvalue weighted by molar-refractivity contribution is -0.245. The minimum absolute atomic E-state index is 0.00301. The molecule has 1 aromatic rings. The van der Waals surface area contributed by atoms with Crippen molar-refractivity contribution in [2.75, 3.05) is 0 Å². The van der Waals surface area contributed by atoms with Gasteiger partial charge in [-0.2, -0.15) is 34.8 Å². The molecule has 0 amide bonds. The first-order chi connectivity index (χ1) is 14.5. The lowest BCUT2D eigenvalue weighted by atomic mass is 9.84. The van der Waals surface area contributed by atoms with Gasteiger partial charge in [0.2, 0.25) is 10.9 Å². The first kappa shape index (κ1) is 26.7. The predicted octanol–water partition coefficient (Wildman–Crippen LogP) is 2.71. The van der Waals surface area contributed by atoms with Crippen LogP contribution in [-0.4, -0.2) is 41.7 Å². The van der Waals surface area contributed by atoms with Gasteiger partial charge in [-0.05, 0) is 36.5 Å².